The van der Waals surface area contributed by atoms with Gasteiger partial charge in [0.2, 0.25) is 0 Å². The molecule has 2 rings (SSSR count). The first-order chi connectivity index (χ1) is 8.17. The Morgan fingerprint density at radius 1 is 1.18 bits per heavy atom. The van der Waals surface area contributed by atoms with Gasteiger partial charge in [-0.05, 0) is 23.9 Å². The smallest absolute Gasteiger partial charge is 0.197 e. The summed E-state index contributed by atoms with van der Waals surface area (Å²) in [4.78, 5) is 12.1. The van der Waals surface area contributed by atoms with Crippen LogP contribution in [0.5, 0.6) is 0 Å². The number of nitrogens with zero attached hydrogens (tertiary/aromatic N) is 4. The number of nitrogens with two attached hydrogens (primary N) is 2. The van der Waals surface area contributed by atoms with Crippen molar-refractivity contribution in [1.29, 1.82) is 5.26 Å². The molecule has 0 aliphatic rings. The van der Waals surface area contributed by atoms with E-state index in [0.29, 0.717) is 27.4 Å². The van der Waals surface area contributed by atoms with Gasteiger partial charge in [0.25, 0.3) is 0 Å². The Bertz CT molecular complexity index is 571. The second kappa shape index (κ2) is 4.67. The lowest BCUT2D eigenvalue weighted by molar-refractivity contribution is 0.976. The molecule has 0 atom stereocenters. The fourth-order valence-electron chi connectivity index (χ4n) is 1.14. The molecule has 2 aromatic heterocycles. The minimum atomic E-state index is 0.302. The summed E-state index contributed by atoms with van der Waals surface area (Å²) in [6, 6.07) is 6.78. The summed E-state index contributed by atoms with van der Waals surface area (Å²) in [5.41, 5.74) is 11.6. The van der Waals surface area contributed by atoms with Gasteiger partial charge >= 0.3 is 0 Å². The van der Waals surface area contributed by atoms with Gasteiger partial charge in [0.15, 0.2) is 5.16 Å². The molecule has 0 aliphatic heterocycles. The lowest BCUT2D eigenvalue weighted by atomic mass is 10.3. The first-order valence-corrected chi connectivity index (χ1v) is 5.43. The zero-order valence-corrected chi connectivity index (χ0v) is 9.48. The van der Waals surface area contributed by atoms with Crippen LogP contribution in [-0.2, 0) is 0 Å². The molecule has 2 heterocycles. The van der Waals surface area contributed by atoms with Gasteiger partial charge in [0, 0.05) is 12.3 Å². The molecule has 0 aromatic carbocycles. The summed E-state index contributed by atoms with van der Waals surface area (Å²) in [6.45, 7) is 0. The fraction of sp³-hybridized carbons (Fsp3) is 0. The minimum absolute atomic E-state index is 0.302. The van der Waals surface area contributed by atoms with Crippen LogP contribution in [0.1, 0.15) is 5.56 Å². The number of rotatable bonds is 2. The fourth-order valence-corrected chi connectivity index (χ4v) is 1.92. The summed E-state index contributed by atoms with van der Waals surface area (Å²) in [6.07, 6.45) is 1.55. The second-order valence-electron chi connectivity index (χ2n) is 3.10. The van der Waals surface area contributed by atoms with Crippen LogP contribution in [0, 0.1) is 11.3 Å². The van der Waals surface area contributed by atoms with Crippen molar-refractivity contribution in [2.24, 2.45) is 0 Å². The first kappa shape index (κ1) is 11.2. The van der Waals surface area contributed by atoms with Crippen LogP contribution in [0.2, 0.25) is 0 Å². The molecule has 0 saturated heterocycles. The highest BCUT2D eigenvalue weighted by molar-refractivity contribution is 7.99. The molecule has 4 N–H and O–H groups in total. The number of aromatic nitrogens is 3. The Balaban J connectivity index is 2.28. The van der Waals surface area contributed by atoms with Crippen LogP contribution in [0.3, 0.4) is 0 Å². The monoisotopic (exact) mass is 244 g/mol. The summed E-state index contributed by atoms with van der Waals surface area (Å²) in [7, 11) is 0. The number of nitrogen functional groups attached to an aromatic ring is 2. The van der Waals surface area contributed by atoms with Crippen molar-refractivity contribution < 1.29 is 0 Å². The van der Waals surface area contributed by atoms with E-state index in [-0.39, 0.29) is 0 Å². The molecule has 0 fully saturated rings. The number of anilines is 2. The molecule has 84 valence electrons. The standard InChI is InChI=1S/C10H8N6S/c11-5-6-1-2-14-9(3-6)17-10-15-7(12)4-8(13)16-10/h1-4H,(H4,12,13,15,16). The molecule has 0 aliphatic carbocycles. The second-order valence-corrected chi connectivity index (χ2v) is 4.08. The van der Waals surface area contributed by atoms with E-state index in [1.165, 1.54) is 17.8 Å². The van der Waals surface area contributed by atoms with Gasteiger partial charge in [-0.1, -0.05) is 0 Å². The van der Waals surface area contributed by atoms with Crippen molar-refractivity contribution in [3.63, 3.8) is 0 Å². The number of nitriles is 1. The van der Waals surface area contributed by atoms with Gasteiger partial charge in [0.05, 0.1) is 11.6 Å². The molecule has 17 heavy (non-hydrogen) atoms. The summed E-state index contributed by atoms with van der Waals surface area (Å²) in [5, 5.41) is 9.79. The zero-order chi connectivity index (χ0) is 12.3. The van der Waals surface area contributed by atoms with Gasteiger partial charge in [0.1, 0.15) is 16.7 Å². The van der Waals surface area contributed by atoms with Crippen molar-refractivity contribution in [2.75, 3.05) is 11.5 Å². The maximum atomic E-state index is 8.76. The van der Waals surface area contributed by atoms with Crippen LogP contribution in [-0.4, -0.2) is 15.0 Å². The van der Waals surface area contributed by atoms with Crippen LogP contribution >= 0.6 is 11.8 Å². The Hall–Kier alpha value is -2.33. The van der Waals surface area contributed by atoms with Crippen molar-refractivity contribution in [3.8, 4) is 6.07 Å². The van der Waals surface area contributed by atoms with Crippen LogP contribution in [0.15, 0.2) is 34.6 Å². The predicted octanol–water partition coefficient (Wildman–Crippen LogP) is 1.06. The molecule has 0 amide bonds. The van der Waals surface area contributed by atoms with E-state index in [1.54, 1.807) is 18.3 Å². The van der Waals surface area contributed by atoms with Crippen molar-refractivity contribution >= 4 is 23.4 Å². The van der Waals surface area contributed by atoms with E-state index in [0.717, 1.165) is 0 Å². The lowest BCUT2D eigenvalue weighted by Gasteiger charge is -2.01. The zero-order valence-electron chi connectivity index (χ0n) is 8.66. The minimum Gasteiger partial charge on any atom is -0.383 e. The lowest BCUT2D eigenvalue weighted by Crippen LogP contribution is -1.99. The topological polar surface area (TPSA) is 114 Å². The normalized spacial score (nSPS) is 9.82. The molecular weight excluding hydrogens is 236 g/mol. The van der Waals surface area contributed by atoms with Crippen molar-refractivity contribution in [2.45, 2.75) is 10.2 Å². The SMILES string of the molecule is N#Cc1ccnc(Sc2nc(N)cc(N)n2)c1. The van der Waals surface area contributed by atoms with Gasteiger partial charge in [-0.25, -0.2) is 15.0 Å². The predicted molar refractivity (Wildman–Crippen MR) is 63.9 cm³/mol. The van der Waals surface area contributed by atoms with E-state index in [4.69, 9.17) is 16.7 Å². The van der Waals surface area contributed by atoms with Crippen LogP contribution in [0.4, 0.5) is 11.6 Å². The van der Waals surface area contributed by atoms with Crippen molar-refractivity contribution in [3.05, 3.63) is 30.0 Å². The van der Waals surface area contributed by atoms with E-state index in [2.05, 4.69) is 15.0 Å². The van der Waals surface area contributed by atoms with E-state index >= 15 is 0 Å². The highest BCUT2D eigenvalue weighted by Crippen LogP contribution is 2.24. The third kappa shape index (κ3) is 2.83. The third-order valence-corrected chi connectivity index (χ3v) is 2.60. The summed E-state index contributed by atoms with van der Waals surface area (Å²) in [5.74, 6) is 0.605. The molecule has 0 spiro atoms. The average molecular weight is 244 g/mol. The van der Waals surface area contributed by atoms with Gasteiger partial charge < -0.3 is 11.5 Å². The summed E-state index contributed by atoms with van der Waals surface area (Å²) >= 11 is 1.20. The number of pyridine rings is 1. The van der Waals surface area contributed by atoms with E-state index < -0.39 is 0 Å². The molecular formula is C10H8N6S. The van der Waals surface area contributed by atoms with Crippen molar-refractivity contribution in [1.82, 2.24) is 15.0 Å². The van der Waals surface area contributed by atoms with Crippen LogP contribution < -0.4 is 11.5 Å². The molecule has 0 radical (unpaired) electrons. The van der Waals surface area contributed by atoms with E-state index in [9.17, 15) is 0 Å². The Morgan fingerprint density at radius 3 is 2.53 bits per heavy atom. The van der Waals surface area contributed by atoms with E-state index in [1.807, 2.05) is 6.07 Å². The Kier molecular flexibility index (Phi) is 3.07. The maximum absolute atomic E-state index is 8.76. The molecule has 2 aromatic rings. The number of hydrogen-bond donors (Lipinski definition) is 2. The third-order valence-electron chi connectivity index (χ3n) is 1.81. The molecule has 0 bridgehead atoms. The quantitative estimate of drug-likeness (QED) is 0.759. The highest BCUT2D eigenvalue weighted by Gasteiger charge is 2.05. The average Bonchev–Trinajstić information content (AvgIpc) is 2.28. The molecule has 6 nitrogen and oxygen atoms in total. The van der Waals surface area contributed by atoms with Gasteiger partial charge in [-0.2, -0.15) is 5.26 Å². The largest absolute Gasteiger partial charge is 0.383 e. The molecule has 0 unspecified atom stereocenters. The molecule has 0 saturated carbocycles. The first-order valence-electron chi connectivity index (χ1n) is 4.61. The Morgan fingerprint density at radius 2 is 1.88 bits per heavy atom. The summed E-state index contributed by atoms with van der Waals surface area (Å²) < 4.78 is 0. The van der Waals surface area contributed by atoms with Gasteiger partial charge in [-0.3, -0.25) is 0 Å². The van der Waals surface area contributed by atoms with Crippen LogP contribution in [0.25, 0.3) is 0 Å². The Labute approximate surface area is 102 Å². The molecule has 7 heteroatoms. The number of hydrogen-bond acceptors (Lipinski definition) is 7. The maximum Gasteiger partial charge on any atom is 0.197 e. The highest BCUT2D eigenvalue weighted by atomic mass is 32.2. The van der Waals surface area contributed by atoms with Gasteiger partial charge in [-0.15, -0.1) is 0 Å².